The van der Waals surface area contributed by atoms with Crippen LogP contribution in [0.5, 0.6) is 0 Å². The van der Waals surface area contributed by atoms with Gasteiger partial charge in [0.05, 0.1) is 4.90 Å². The average molecular weight is 363 g/mol. The first-order valence-corrected chi connectivity index (χ1v) is 9.32. The van der Waals surface area contributed by atoms with Crippen LogP contribution in [-0.2, 0) is 14.9 Å². The van der Waals surface area contributed by atoms with Crippen molar-refractivity contribution in [3.8, 4) is 0 Å². The molecule has 0 aromatic heterocycles. The average Bonchev–Trinajstić information content (AvgIpc) is 2.55. The molecule has 0 unspecified atom stereocenters. The summed E-state index contributed by atoms with van der Waals surface area (Å²) in [5.74, 6) is -0.885. The second kappa shape index (κ2) is 8.13. The first-order chi connectivity index (χ1) is 11.8. The summed E-state index contributed by atoms with van der Waals surface area (Å²) in [6.45, 7) is 1.89. The van der Waals surface area contributed by atoms with E-state index in [-0.39, 0.29) is 11.4 Å². The largest absolute Gasteiger partial charge is 0.480 e. The van der Waals surface area contributed by atoms with Crippen LogP contribution in [0.4, 0.5) is 0 Å². The van der Waals surface area contributed by atoms with Gasteiger partial charge in [-0.05, 0) is 55.0 Å². The van der Waals surface area contributed by atoms with Crippen molar-refractivity contribution in [2.24, 2.45) is 0 Å². The molecular formula is C18H21NO5S. The predicted octanol–water partition coefficient (Wildman–Crippen LogP) is 3.01. The van der Waals surface area contributed by atoms with E-state index in [4.69, 9.17) is 9.66 Å². The summed E-state index contributed by atoms with van der Waals surface area (Å²) >= 11 is 0. The van der Waals surface area contributed by atoms with E-state index in [1.54, 1.807) is 12.1 Å². The van der Waals surface area contributed by atoms with Crippen molar-refractivity contribution in [3.05, 3.63) is 58.8 Å². The Morgan fingerprint density at radius 1 is 1.24 bits per heavy atom. The number of allylic oxidation sites excluding steroid dienone is 5. The van der Waals surface area contributed by atoms with Gasteiger partial charge in [0.15, 0.2) is 0 Å². The summed E-state index contributed by atoms with van der Waals surface area (Å²) in [5.41, 5.74) is 3.99. The topological polar surface area (TPSA) is 104 Å². The van der Waals surface area contributed by atoms with Gasteiger partial charge in [0.1, 0.15) is 6.54 Å². The summed E-state index contributed by atoms with van der Waals surface area (Å²) < 4.78 is 31.0. The molecular weight excluding hydrogens is 342 g/mol. The highest BCUT2D eigenvalue weighted by Crippen LogP contribution is 2.28. The van der Waals surface area contributed by atoms with E-state index in [0.29, 0.717) is 0 Å². The maximum Gasteiger partial charge on any atom is 0.322 e. The highest BCUT2D eigenvalue weighted by Gasteiger charge is 2.13. The maximum absolute atomic E-state index is 11.0. The molecule has 25 heavy (non-hydrogen) atoms. The third-order valence-corrected chi connectivity index (χ3v) is 4.89. The first-order valence-electron chi connectivity index (χ1n) is 7.88. The van der Waals surface area contributed by atoms with Gasteiger partial charge in [0, 0.05) is 5.70 Å². The lowest BCUT2D eigenvalue weighted by Crippen LogP contribution is -2.24. The summed E-state index contributed by atoms with van der Waals surface area (Å²) in [6.07, 6.45) is 8.43. The quantitative estimate of drug-likeness (QED) is 0.671. The van der Waals surface area contributed by atoms with Crippen molar-refractivity contribution < 1.29 is 22.9 Å². The SMILES string of the molecule is CC1=C(NCC(=O)O)CCC/C1=C/C=C/c1ccc(S(=O)(=O)O)cc1. The van der Waals surface area contributed by atoms with Gasteiger partial charge in [-0.1, -0.05) is 30.4 Å². The maximum atomic E-state index is 11.0. The van der Waals surface area contributed by atoms with Gasteiger partial charge in [-0.3, -0.25) is 9.35 Å². The molecule has 1 aromatic carbocycles. The molecule has 6 nitrogen and oxygen atoms in total. The molecule has 0 aliphatic heterocycles. The molecule has 134 valence electrons. The van der Waals surface area contributed by atoms with Crippen molar-refractivity contribution in [1.82, 2.24) is 5.32 Å². The Morgan fingerprint density at radius 3 is 2.52 bits per heavy atom. The monoisotopic (exact) mass is 363 g/mol. The van der Waals surface area contributed by atoms with Crippen molar-refractivity contribution in [1.29, 1.82) is 0 Å². The Morgan fingerprint density at radius 2 is 1.92 bits per heavy atom. The smallest absolute Gasteiger partial charge is 0.322 e. The summed E-state index contributed by atoms with van der Waals surface area (Å²) in [7, 11) is -4.17. The van der Waals surface area contributed by atoms with E-state index in [2.05, 4.69) is 5.32 Å². The van der Waals surface area contributed by atoms with Crippen LogP contribution in [-0.4, -0.2) is 30.6 Å². The molecule has 3 N–H and O–H groups in total. The van der Waals surface area contributed by atoms with Crippen LogP contribution in [0.25, 0.3) is 6.08 Å². The number of rotatable bonds is 6. The van der Waals surface area contributed by atoms with E-state index in [9.17, 15) is 13.2 Å². The Labute approximate surface area is 147 Å². The molecule has 0 bridgehead atoms. The number of benzene rings is 1. The summed E-state index contributed by atoms with van der Waals surface area (Å²) in [5, 5.41) is 11.7. The zero-order valence-corrected chi connectivity index (χ0v) is 14.7. The lowest BCUT2D eigenvalue weighted by Gasteiger charge is -2.21. The minimum absolute atomic E-state index is 0.0874. The van der Waals surface area contributed by atoms with E-state index in [1.165, 1.54) is 12.1 Å². The van der Waals surface area contributed by atoms with Gasteiger partial charge < -0.3 is 10.4 Å². The van der Waals surface area contributed by atoms with Crippen molar-refractivity contribution in [2.75, 3.05) is 6.54 Å². The van der Waals surface area contributed by atoms with E-state index >= 15 is 0 Å². The van der Waals surface area contributed by atoms with E-state index in [1.807, 2.05) is 25.2 Å². The molecule has 0 fully saturated rings. The number of carboxylic acids is 1. The molecule has 0 heterocycles. The minimum Gasteiger partial charge on any atom is -0.480 e. The van der Waals surface area contributed by atoms with Gasteiger partial charge in [-0.2, -0.15) is 8.42 Å². The van der Waals surface area contributed by atoms with E-state index in [0.717, 1.165) is 41.7 Å². The molecule has 0 amide bonds. The van der Waals surface area contributed by atoms with Crippen LogP contribution >= 0.6 is 0 Å². The fraction of sp³-hybridized carbons (Fsp3) is 0.278. The van der Waals surface area contributed by atoms with Crippen LogP contribution in [0.1, 0.15) is 31.7 Å². The molecule has 2 rings (SSSR count). The standard InChI is InChI=1S/C18H21NO5S/c1-13-15(6-3-7-17(13)19-12-18(20)21)5-2-4-14-8-10-16(11-9-14)25(22,23)24/h2,4-5,8-11,19H,3,6-7,12H2,1H3,(H,20,21)(H,22,23,24)/b4-2+,15-5-. The zero-order valence-electron chi connectivity index (χ0n) is 13.9. The Bertz CT molecular complexity index is 833. The zero-order chi connectivity index (χ0) is 18.4. The third kappa shape index (κ3) is 5.58. The Kier molecular flexibility index (Phi) is 6.17. The highest BCUT2D eigenvalue weighted by molar-refractivity contribution is 7.85. The molecule has 0 saturated carbocycles. The van der Waals surface area contributed by atoms with Crippen LogP contribution in [0.3, 0.4) is 0 Å². The highest BCUT2D eigenvalue weighted by atomic mass is 32.2. The molecule has 1 aromatic rings. The lowest BCUT2D eigenvalue weighted by atomic mass is 9.91. The van der Waals surface area contributed by atoms with E-state index < -0.39 is 16.1 Å². The van der Waals surface area contributed by atoms with Gasteiger partial charge in [0.2, 0.25) is 0 Å². The van der Waals surface area contributed by atoms with Crippen LogP contribution in [0.2, 0.25) is 0 Å². The molecule has 7 heteroatoms. The summed E-state index contributed by atoms with van der Waals surface area (Å²) in [6, 6.07) is 5.92. The van der Waals surface area contributed by atoms with Gasteiger partial charge in [-0.15, -0.1) is 0 Å². The Hall–Kier alpha value is -2.38. The molecule has 0 radical (unpaired) electrons. The number of aliphatic carboxylic acids is 1. The number of hydrogen-bond acceptors (Lipinski definition) is 4. The van der Waals surface area contributed by atoms with Crippen molar-refractivity contribution in [2.45, 2.75) is 31.1 Å². The number of carboxylic acid groups (broad SMARTS) is 1. The molecule has 1 aliphatic rings. The molecule has 0 spiro atoms. The van der Waals surface area contributed by atoms with Gasteiger partial charge >= 0.3 is 5.97 Å². The molecule has 0 saturated heterocycles. The number of nitrogens with one attached hydrogen (secondary N) is 1. The first kappa shape index (κ1) is 19.0. The summed E-state index contributed by atoms with van der Waals surface area (Å²) in [4.78, 5) is 10.5. The third-order valence-electron chi connectivity index (χ3n) is 4.02. The van der Waals surface area contributed by atoms with Crippen molar-refractivity contribution >= 4 is 22.2 Å². The predicted molar refractivity (Wildman–Crippen MR) is 95.6 cm³/mol. The second-order valence-electron chi connectivity index (χ2n) is 5.80. The van der Waals surface area contributed by atoms with Crippen LogP contribution in [0.15, 0.2) is 58.2 Å². The van der Waals surface area contributed by atoms with Crippen molar-refractivity contribution in [3.63, 3.8) is 0 Å². The fourth-order valence-electron chi connectivity index (χ4n) is 2.66. The lowest BCUT2D eigenvalue weighted by molar-refractivity contribution is -0.135. The Balaban J connectivity index is 2.10. The van der Waals surface area contributed by atoms with Gasteiger partial charge in [-0.25, -0.2) is 0 Å². The number of carbonyl (C=O) groups is 1. The number of hydrogen-bond donors (Lipinski definition) is 3. The fourth-order valence-corrected chi connectivity index (χ4v) is 3.14. The molecule has 1 aliphatic carbocycles. The second-order valence-corrected chi connectivity index (χ2v) is 7.22. The molecule has 0 atom stereocenters. The van der Waals surface area contributed by atoms with Gasteiger partial charge in [0.25, 0.3) is 10.1 Å². The van der Waals surface area contributed by atoms with Crippen LogP contribution in [0, 0.1) is 0 Å². The van der Waals surface area contributed by atoms with Crippen LogP contribution < -0.4 is 5.32 Å². The normalized spacial score (nSPS) is 17.3. The minimum atomic E-state index is -4.17.